The third kappa shape index (κ3) is 4.42. The molecule has 2 amide bonds. The first-order valence-electron chi connectivity index (χ1n) is 6.43. The first-order chi connectivity index (χ1) is 10.6. The van der Waals surface area contributed by atoms with Gasteiger partial charge in [0.2, 0.25) is 0 Å². The first-order valence-corrected chi connectivity index (χ1v) is 7.30. The molecule has 0 aliphatic heterocycles. The zero-order valence-electron chi connectivity index (χ0n) is 11.8. The van der Waals surface area contributed by atoms with Crippen LogP contribution >= 0.6 is 11.3 Å². The zero-order valence-corrected chi connectivity index (χ0v) is 12.6. The summed E-state index contributed by atoms with van der Waals surface area (Å²) in [6.07, 6.45) is 0. The number of rotatable bonds is 4. The van der Waals surface area contributed by atoms with Gasteiger partial charge in [0.1, 0.15) is 0 Å². The van der Waals surface area contributed by atoms with E-state index in [4.69, 9.17) is 4.74 Å². The summed E-state index contributed by atoms with van der Waals surface area (Å²) >= 11 is 1.25. The van der Waals surface area contributed by atoms with Gasteiger partial charge in [0.05, 0.1) is 10.4 Å². The molecule has 0 bridgehead atoms. The molecule has 1 aromatic heterocycles. The number of esters is 1. The molecule has 114 valence electrons. The second-order valence-corrected chi connectivity index (χ2v) is 5.37. The fourth-order valence-electron chi connectivity index (χ4n) is 1.54. The van der Waals surface area contributed by atoms with Gasteiger partial charge in [-0.25, -0.2) is 4.79 Å². The Kier molecular flexibility index (Phi) is 5.26. The minimum absolute atomic E-state index is 0.362. The third-order valence-electron chi connectivity index (χ3n) is 2.68. The van der Waals surface area contributed by atoms with Crippen molar-refractivity contribution < 1.29 is 19.1 Å². The Hall–Kier alpha value is -2.67. The van der Waals surface area contributed by atoms with E-state index in [0.717, 1.165) is 5.56 Å². The van der Waals surface area contributed by atoms with E-state index < -0.39 is 24.4 Å². The molecule has 0 aliphatic rings. The summed E-state index contributed by atoms with van der Waals surface area (Å²) in [5, 5.41) is 1.75. The molecule has 2 rings (SSSR count). The molecule has 2 aromatic rings. The van der Waals surface area contributed by atoms with Crippen LogP contribution in [-0.4, -0.2) is 24.4 Å². The van der Waals surface area contributed by atoms with Crippen molar-refractivity contribution in [2.45, 2.75) is 6.92 Å². The minimum atomic E-state index is -0.620. The lowest BCUT2D eigenvalue weighted by Crippen LogP contribution is -2.43. The van der Waals surface area contributed by atoms with Crippen molar-refractivity contribution in [3.05, 3.63) is 57.8 Å². The molecule has 0 aliphatic carbocycles. The summed E-state index contributed by atoms with van der Waals surface area (Å²) in [5.41, 5.74) is 5.80. The van der Waals surface area contributed by atoms with Crippen LogP contribution in [-0.2, 0) is 9.53 Å². The Balaban J connectivity index is 1.74. The van der Waals surface area contributed by atoms with Gasteiger partial charge in [-0.05, 0) is 30.5 Å². The predicted octanol–water partition coefficient (Wildman–Crippen LogP) is 1.67. The van der Waals surface area contributed by atoms with Crippen molar-refractivity contribution in [3.8, 4) is 0 Å². The average molecular weight is 318 g/mol. The van der Waals surface area contributed by atoms with Crippen molar-refractivity contribution >= 4 is 29.1 Å². The van der Waals surface area contributed by atoms with Gasteiger partial charge in [-0.15, -0.1) is 11.3 Å². The molecule has 0 saturated heterocycles. The summed E-state index contributed by atoms with van der Waals surface area (Å²) in [5.74, 6) is -1.64. The third-order valence-corrected chi connectivity index (χ3v) is 3.55. The first kappa shape index (κ1) is 15.7. The highest BCUT2D eigenvalue weighted by Crippen LogP contribution is 2.07. The SMILES string of the molecule is Cc1ccc(C(=O)OCC(=O)NNC(=O)c2cccs2)cc1. The van der Waals surface area contributed by atoms with Crippen molar-refractivity contribution in [3.63, 3.8) is 0 Å². The van der Waals surface area contributed by atoms with Crippen LogP contribution in [0.25, 0.3) is 0 Å². The molecule has 2 N–H and O–H groups in total. The standard InChI is InChI=1S/C15H14N2O4S/c1-10-4-6-11(7-5-10)15(20)21-9-13(18)16-17-14(19)12-3-2-8-22-12/h2-8H,9H2,1H3,(H,16,18)(H,17,19). The van der Waals surface area contributed by atoms with Gasteiger partial charge in [0.25, 0.3) is 11.8 Å². The lowest BCUT2D eigenvalue weighted by Gasteiger charge is -2.07. The van der Waals surface area contributed by atoms with Gasteiger partial charge in [-0.3, -0.25) is 20.4 Å². The van der Waals surface area contributed by atoms with Gasteiger partial charge in [0.15, 0.2) is 6.61 Å². The smallest absolute Gasteiger partial charge is 0.338 e. The number of thiophene rings is 1. The number of aryl methyl sites for hydroxylation is 1. The number of hydrogen-bond donors (Lipinski definition) is 2. The van der Waals surface area contributed by atoms with Gasteiger partial charge in [-0.1, -0.05) is 23.8 Å². The highest BCUT2D eigenvalue weighted by molar-refractivity contribution is 7.12. The van der Waals surface area contributed by atoms with Crippen molar-refractivity contribution in [1.82, 2.24) is 10.9 Å². The Labute approximate surface area is 131 Å². The molecule has 22 heavy (non-hydrogen) atoms. The predicted molar refractivity (Wildman–Crippen MR) is 81.4 cm³/mol. The molecule has 0 atom stereocenters. The summed E-state index contributed by atoms with van der Waals surface area (Å²) in [4.78, 5) is 35.3. The second kappa shape index (κ2) is 7.37. The van der Waals surface area contributed by atoms with Crippen molar-refractivity contribution in [1.29, 1.82) is 0 Å². The minimum Gasteiger partial charge on any atom is -0.452 e. The van der Waals surface area contributed by atoms with E-state index in [9.17, 15) is 14.4 Å². The molecule has 7 heteroatoms. The molecule has 0 saturated carbocycles. The number of carbonyl (C=O) groups is 3. The second-order valence-electron chi connectivity index (χ2n) is 4.42. The fourth-order valence-corrected chi connectivity index (χ4v) is 2.15. The monoisotopic (exact) mass is 318 g/mol. The number of hydrogen-bond acceptors (Lipinski definition) is 5. The largest absolute Gasteiger partial charge is 0.452 e. The normalized spacial score (nSPS) is 9.86. The molecule has 1 heterocycles. The van der Waals surface area contributed by atoms with Crippen LogP contribution in [0, 0.1) is 6.92 Å². The summed E-state index contributed by atoms with van der Waals surface area (Å²) in [6, 6.07) is 10.1. The molecule has 0 spiro atoms. The highest BCUT2D eigenvalue weighted by Gasteiger charge is 2.11. The van der Waals surface area contributed by atoms with E-state index >= 15 is 0 Å². The number of carbonyl (C=O) groups excluding carboxylic acids is 3. The zero-order chi connectivity index (χ0) is 15.9. The highest BCUT2D eigenvalue weighted by atomic mass is 32.1. The lowest BCUT2D eigenvalue weighted by atomic mass is 10.1. The quantitative estimate of drug-likeness (QED) is 0.663. The Morgan fingerprint density at radius 2 is 1.82 bits per heavy atom. The number of nitrogens with one attached hydrogen (secondary N) is 2. The van der Waals surface area contributed by atoms with Crippen LogP contribution in [0.3, 0.4) is 0 Å². The average Bonchev–Trinajstić information content (AvgIpc) is 3.05. The number of amides is 2. The number of ether oxygens (including phenoxy) is 1. The maximum Gasteiger partial charge on any atom is 0.338 e. The van der Waals surface area contributed by atoms with Gasteiger partial charge < -0.3 is 4.74 Å². The van der Waals surface area contributed by atoms with E-state index in [1.807, 2.05) is 6.92 Å². The molecule has 0 radical (unpaired) electrons. The van der Waals surface area contributed by atoms with Crippen LogP contribution in [0.2, 0.25) is 0 Å². The van der Waals surface area contributed by atoms with Crippen LogP contribution in [0.1, 0.15) is 25.6 Å². The summed E-state index contributed by atoms with van der Waals surface area (Å²) in [6.45, 7) is 1.43. The fraction of sp³-hybridized carbons (Fsp3) is 0.133. The van der Waals surface area contributed by atoms with E-state index in [2.05, 4.69) is 10.9 Å². The molecule has 1 aromatic carbocycles. The van der Waals surface area contributed by atoms with Crippen LogP contribution in [0.15, 0.2) is 41.8 Å². The van der Waals surface area contributed by atoms with E-state index in [1.54, 1.807) is 41.8 Å². The molecule has 0 unspecified atom stereocenters. The topological polar surface area (TPSA) is 84.5 Å². The molecule has 6 nitrogen and oxygen atoms in total. The Morgan fingerprint density at radius 3 is 2.45 bits per heavy atom. The van der Waals surface area contributed by atoms with Gasteiger partial charge in [-0.2, -0.15) is 0 Å². The van der Waals surface area contributed by atoms with E-state index in [1.165, 1.54) is 11.3 Å². The molecular weight excluding hydrogens is 304 g/mol. The van der Waals surface area contributed by atoms with Gasteiger partial charge >= 0.3 is 5.97 Å². The van der Waals surface area contributed by atoms with Crippen molar-refractivity contribution in [2.75, 3.05) is 6.61 Å². The number of hydrazine groups is 1. The number of benzene rings is 1. The Morgan fingerprint density at radius 1 is 1.09 bits per heavy atom. The molecular formula is C15H14N2O4S. The maximum absolute atomic E-state index is 11.7. The van der Waals surface area contributed by atoms with Crippen LogP contribution < -0.4 is 10.9 Å². The lowest BCUT2D eigenvalue weighted by molar-refractivity contribution is -0.125. The van der Waals surface area contributed by atoms with Crippen LogP contribution in [0.4, 0.5) is 0 Å². The van der Waals surface area contributed by atoms with E-state index in [-0.39, 0.29) is 0 Å². The molecule has 0 fully saturated rings. The van der Waals surface area contributed by atoms with Crippen molar-refractivity contribution in [2.24, 2.45) is 0 Å². The summed E-state index contributed by atoms with van der Waals surface area (Å²) < 4.78 is 4.85. The van der Waals surface area contributed by atoms with Gasteiger partial charge in [0, 0.05) is 0 Å². The van der Waals surface area contributed by atoms with E-state index in [0.29, 0.717) is 10.4 Å². The van der Waals surface area contributed by atoms with Crippen LogP contribution in [0.5, 0.6) is 0 Å². The maximum atomic E-state index is 11.7. The summed E-state index contributed by atoms with van der Waals surface area (Å²) in [7, 11) is 0. The Bertz CT molecular complexity index is 665.